The predicted molar refractivity (Wildman–Crippen MR) is 65.2 cm³/mol. The summed E-state index contributed by atoms with van der Waals surface area (Å²) in [5, 5.41) is 12.3. The van der Waals surface area contributed by atoms with Crippen LogP contribution < -0.4 is 5.32 Å². The van der Waals surface area contributed by atoms with E-state index in [-0.39, 0.29) is 18.0 Å². The molecule has 1 rings (SSSR count). The van der Waals surface area contributed by atoms with Gasteiger partial charge in [0.1, 0.15) is 5.82 Å². The number of benzene rings is 1. The average molecular weight is 241 g/mol. The fourth-order valence-electron chi connectivity index (χ4n) is 1.74. The summed E-state index contributed by atoms with van der Waals surface area (Å²) in [5.41, 5.74) is 0.584. The van der Waals surface area contributed by atoms with Crippen LogP contribution in [0.5, 0.6) is 0 Å². The van der Waals surface area contributed by atoms with Crippen molar-refractivity contribution in [2.45, 2.75) is 25.4 Å². The maximum Gasteiger partial charge on any atom is 0.123 e. The van der Waals surface area contributed by atoms with Gasteiger partial charge in [0, 0.05) is 25.8 Å². The molecule has 0 bridgehead atoms. The summed E-state index contributed by atoms with van der Waals surface area (Å²) >= 11 is 0. The van der Waals surface area contributed by atoms with Gasteiger partial charge >= 0.3 is 0 Å². The van der Waals surface area contributed by atoms with E-state index in [4.69, 9.17) is 9.84 Å². The molecule has 1 aromatic carbocycles. The van der Waals surface area contributed by atoms with E-state index in [1.807, 2.05) is 13.0 Å². The van der Waals surface area contributed by atoms with Crippen LogP contribution in [-0.4, -0.2) is 31.0 Å². The summed E-state index contributed by atoms with van der Waals surface area (Å²) in [5.74, 6) is -0.236. The van der Waals surface area contributed by atoms with Crippen molar-refractivity contribution in [2.24, 2.45) is 0 Å². The van der Waals surface area contributed by atoms with Gasteiger partial charge in [-0.05, 0) is 31.0 Å². The first-order chi connectivity index (χ1) is 8.09. The second kappa shape index (κ2) is 6.69. The van der Waals surface area contributed by atoms with Crippen LogP contribution in [0.15, 0.2) is 24.3 Å². The number of aliphatic hydroxyl groups excluding tert-OH is 1. The Hall–Kier alpha value is -0.970. The molecule has 3 nitrogen and oxygen atoms in total. The lowest BCUT2D eigenvalue weighted by atomic mass is 9.99. The molecule has 96 valence electrons. The first kappa shape index (κ1) is 14.1. The van der Waals surface area contributed by atoms with Gasteiger partial charge in [0.25, 0.3) is 0 Å². The second-order valence-electron chi connectivity index (χ2n) is 4.45. The highest BCUT2D eigenvalue weighted by atomic mass is 19.1. The van der Waals surface area contributed by atoms with E-state index in [2.05, 4.69) is 5.32 Å². The summed E-state index contributed by atoms with van der Waals surface area (Å²) in [7, 11) is 1.62. The van der Waals surface area contributed by atoms with Crippen molar-refractivity contribution in [3.05, 3.63) is 35.6 Å². The molecule has 0 aromatic heterocycles. The first-order valence-corrected chi connectivity index (χ1v) is 5.69. The van der Waals surface area contributed by atoms with Crippen molar-refractivity contribution < 1.29 is 14.2 Å². The number of nitrogens with one attached hydrogen (secondary N) is 1. The molecule has 1 atom stereocenters. The molecule has 0 radical (unpaired) electrons. The summed E-state index contributed by atoms with van der Waals surface area (Å²) < 4.78 is 18.1. The van der Waals surface area contributed by atoms with Crippen molar-refractivity contribution in [3.8, 4) is 0 Å². The Bertz CT molecular complexity index is 338. The van der Waals surface area contributed by atoms with E-state index in [0.29, 0.717) is 19.6 Å². The van der Waals surface area contributed by atoms with Gasteiger partial charge in [0.05, 0.1) is 6.61 Å². The topological polar surface area (TPSA) is 41.5 Å². The summed E-state index contributed by atoms with van der Waals surface area (Å²) in [4.78, 5) is 0. The number of hydrogen-bond acceptors (Lipinski definition) is 3. The molecule has 0 spiro atoms. The molecule has 0 aliphatic heterocycles. The van der Waals surface area contributed by atoms with Crippen LogP contribution in [0.25, 0.3) is 0 Å². The van der Waals surface area contributed by atoms with Gasteiger partial charge in [-0.3, -0.25) is 0 Å². The Morgan fingerprint density at radius 1 is 1.47 bits per heavy atom. The van der Waals surface area contributed by atoms with Crippen LogP contribution in [0.2, 0.25) is 0 Å². The Balaban J connectivity index is 2.57. The Labute approximate surface area is 102 Å². The molecule has 0 heterocycles. The van der Waals surface area contributed by atoms with Crippen LogP contribution in [-0.2, 0) is 11.3 Å². The number of rotatable bonds is 7. The third kappa shape index (κ3) is 4.81. The molecule has 17 heavy (non-hydrogen) atoms. The zero-order chi connectivity index (χ0) is 12.7. The molecule has 1 unspecified atom stereocenters. The van der Waals surface area contributed by atoms with Gasteiger partial charge in [-0.2, -0.15) is 0 Å². The Morgan fingerprint density at radius 3 is 2.82 bits per heavy atom. The minimum atomic E-state index is -0.296. The lowest BCUT2D eigenvalue weighted by molar-refractivity contribution is 0.0969. The molecular formula is C13H20FNO2. The molecule has 1 aromatic rings. The van der Waals surface area contributed by atoms with E-state index >= 15 is 0 Å². The van der Waals surface area contributed by atoms with Crippen LogP contribution in [0.4, 0.5) is 4.39 Å². The van der Waals surface area contributed by atoms with Crippen molar-refractivity contribution >= 4 is 0 Å². The highest BCUT2D eigenvalue weighted by Gasteiger charge is 2.22. The van der Waals surface area contributed by atoms with E-state index in [9.17, 15) is 4.39 Å². The van der Waals surface area contributed by atoms with Crippen molar-refractivity contribution in [1.29, 1.82) is 0 Å². The molecule has 0 amide bonds. The van der Waals surface area contributed by atoms with Crippen LogP contribution in [0.1, 0.15) is 18.9 Å². The lowest BCUT2D eigenvalue weighted by Gasteiger charge is -2.29. The second-order valence-corrected chi connectivity index (χ2v) is 4.45. The van der Waals surface area contributed by atoms with Crippen LogP contribution in [0.3, 0.4) is 0 Å². The summed E-state index contributed by atoms with van der Waals surface area (Å²) in [6.45, 7) is 3.13. The lowest BCUT2D eigenvalue weighted by Crippen LogP contribution is -2.46. The van der Waals surface area contributed by atoms with Gasteiger partial charge in [-0.1, -0.05) is 12.1 Å². The molecule has 2 N–H and O–H groups in total. The quantitative estimate of drug-likeness (QED) is 0.763. The fraction of sp³-hybridized carbons (Fsp3) is 0.538. The predicted octanol–water partition coefficient (Wildman–Crippen LogP) is 1.70. The minimum Gasteiger partial charge on any atom is -0.396 e. The highest BCUT2D eigenvalue weighted by Crippen LogP contribution is 2.12. The zero-order valence-electron chi connectivity index (χ0n) is 10.4. The SMILES string of the molecule is COCC(C)(CCO)NCc1cccc(F)c1. The number of methoxy groups -OCH3 is 1. The van der Waals surface area contributed by atoms with Gasteiger partial charge < -0.3 is 15.2 Å². The van der Waals surface area contributed by atoms with Crippen molar-refractivity contribution in [1.82, 2.24) is 5.32 Å². The maximum atomic E-state index is 13.0. The number of aliphatic hydroxyl groups is 1. The van der Waals surface area contributed by atoms with E-state index < -0.39 is 0 Å². The minimum absolute atomic E-state index is 0.0933. The van der Waals surface area contributed by atoms with E-state index in [0.717, 1.165) is 5.56 Å². The zero-order valence-corrected chi connectivity index (χ0v) is 10.4. The Kier molecular flexibility index (Phi) is 5.55. The normalized spacial score (nSPS) is 14.6. The standard InChI is InChI=1S/C13H20FNO2/c1-13(6-7-16,10-17-2)15-9-11-4-3-5-12(14)8-11/h3-5,8,15-16H,6-7,9-10H2,1-2H3. The number of halogens is 1. The van der Waals surface area contributed by atoms with Gasteiger partial charge in [0.15, 0.2) is 0 Å². The van der Waals surface area contributed by atoms with Gasteiger partial charge in [-0.25, -0.2) is 4.39 Å². The highest BCUT2D eigenvalue weighted by molar-refractivity contribution is 5.16. The van der Waals surface area contributed by atoms with Gasteiger partial charge in [0.2, 0.25) is 0 Å². The average Bonchev–Trinajstić information content (AvgIpc) is 2.27. The third-order valence-electron chi connectivity index (χ3n) is 2.73. The summed E-state index contributed by atoms with van der Waals surface area (Å²) in [6.07, 6.45) is 0.593. The number of hydrogen-bond donors (Lipinski definition) is 2. The van der Waals surface area contributed by atoms with Crippen LogP contribution >= 0.6 is 0 Å². The molecule has 4 heteroatoms. The van der Waals surface area contributed by atoms with E-state index in [1.165, 1.54) is 12.1 Å². The molecule has 0 saturated heterocycles. The third-order valence-corrected chi connectivity index (χ3v) is 2.73. The summed E-state index contributed by atoms with van der Waals surface area (Å²) in [6, 6.07) is 6.47. The smallest absolute Gasteiger partial charge is 0.123 e. The molecule has 0 aliphatic rings. The molecule has 0 saturated carbocycles. The van der Waals surface area contributed by atoms with Gasteiger partial charge in [-0.15, -0.1) is 0 Å². The molecule has 0 aliphatic carbocycles. The fourth-order valence-corrected chi connectivity index (χ4v) is 1.74. The van der Waals surface area contributed by atoms with Crippen molar-refractivity contribution in [3.63, 3.8) is 0 Å². The first-order valence-electron chi connectivity index (χ1n) is 5.69. The maximum absolute atomic E-state index is 13.0. The molecular weight excluding hydrogens is 221 g/mol. The number of ether oxygens (including phenoxy) is 1. The Morgan fingerprint density at radius 2 is 2.24 bits per heavy atom. The van der Waals surface area contributed by atoms with E-state index in [1.54, 1.807) is 13.2 Å². The van der Waals surface area contributed by atoms with Crippen LogP contribution in [0, 0.1) is 5.82 Å². The largest absolute Gasteiger partial charge is 0.396 e. The molecule has 0 fully saturated rings. The monoisotopic (exact) mass is 241 g/mol. The van der Waals surface area contributed by atoms with Crippen molar-refractivity contribution in [2.75, 3.05) is 20.3 Å².